The first-order valence-electron chi connectivity index (χ1n) is 6.22. The molecule has 1 amide bonds. The van der Waals surface area contributed by atoms with Crippen LogP contribution in [0.4, 0.5) is 0 Å². The predicted octanol–water partition coefficient (Wildman–Crippen LogP) is 2.03. The highest BCUT2D eigenvalue weighted by molar-refractivity contribution is 5.98. The van der Waals surface area contributed by atoms with Crippen molar-refractivity contribution in [2.75, 3.05) is 19.7 Å². The molecule has 1 aromatic heterocycles. The van der Waals surface area contributed by atoms with Gasteiger partial charge in [0.05, 0.1) is 12.7 Å². The number of H-pyrrole nitrogens is 1. The van der Waals surface area contributed by atoms with Crippen LogP contribution in [-0.2, 0) is 4.74 Å². The quantitative estimate of drug-likeness (QED) is 0.834. The Hall–Kier alpha value is -1.81. The number of hydrogen-bond donors (Lipinski definition) is 1. The number of nitrogens with zero attached hydrogens (tertiary/aromatic N) is 1. The molecule has 0 spiro atoms. The number of morpholine rings is 1. The standard InChI is InChI=1S/C14H16N2O2/c1-10-9-16(6-7-18-10)14(17)13-8-11-4-2-3-5-12(11)15-13/h2-5,8,10,15H,6-7,9H2,1H3. The zero-order valence-corrected chi connectivity index (χ0v) is 10.3. The molecule has 0 aliphatic carbocycles. The summed E-state index contributed by atoms with van der Waals surface area (Å²) >= 11 is 0. The van der Waals surface area contributed by atoms with Crippen LogP contribution >= 0.6 is 0 Å². The van der Waals surface area contributed by atoms with Gasteiger partial charge in [-0.1, -0.05) is 18.2 Å². The second-order valence-electron chi connectivity index (χ2n) is 4.70. The van der Waals surface area contributed by atoms with E-state index in [-0.39, 0.29) is 12.0 Å². The van der Waals surface area contributed by atoms with Gasteiger partial charge in [-0.05, 0) is 19.1 Å². The van der Waals surface area contributed by atoms with Crippen LogP contribution in [0.25, 0.3) is 10.9 Å². The maximum Gasteiger partial charge on any atom is 0.270 e. The molecule has 18 heavy (non-hydrogen) atoms. The van der Waals surface area contributed by atoms with Crippen molar-refractivity contribution >= 4 is 16.8 Å². The minimum Gasteiger partial charge on any atom is -0.375 e. The number of nitrogens with one attached hydrogen (secondary N) is 1. The molecule has 4 nitrogen and oxygen atoms in total. The summed E-state index contributed by atoms with van der Waals surface area (Å²) in [6, 6.07) is 9.83. The van der Waals surface area contributed by atoms with Gasteiger partial charge in [0.25, 0.3) is 5.91 Å². The topological polar surface area (TPSA) is 45.3 Å². The number of rotatable bonds is 1. The third-order valence-electron chi connectivity index (χ3n) is 3.29. The van der Waals surface area contributed by atoms with Crippen LogP contribution in [0.5, 0.6) is 0 Å². The van der Waals surface area contributed by atoms with Crippen molar-refractivity contribution in [1.82, 2.24) is 9.88 Å². The molecule has 0 bridgehead atoms. The predicted molar refractivity (Wildman–Crippen MR) is 69.6 cm³/mol. The smallest absolute Gasteiger partial charge is 0.270 e. The minimum absolute atomic E-state index is 0.0568. The van der Waals surface area contributed by atoms with E-state index < -0.39 is 0 Å². The van der Waals surface area contributed by atoms with Gasteiger partial charge in [-0.3, -0.25) is 4.79 Å². The van der Waals surface area contributed by atoms with Crippen LogP contribution < -0.4 is 0 Å². The highest BCUT2D eigenvalue weighted by atomic mass is 16.5. The molecular weight excluding hydrogens is 228 g/mol. The highest BCUT2D eigenvalue weighted by Gasteiger charge is 2.23. The molecule has 1 saturated heterocycles. The van der Waals surface area contributed by atoms with Crippen molar-refractivity contribution in [3.8, 4) is 0 Å². The summed E-state index contributed by atoms with van der Waals surface area (Å²) in [4.78, 5) is 17.4. The van der Waals surface area contributed by atoms with Crippen molar-refractivity contribution in [3.63, 3.8) is 0 Å². The number of carbonyl (C=O) groups excluding carboxylic acids is 1. The summed E-state index contributed by atoms with van der Waals surface area (Å²) in [5, 5.41) is 1.07. The molecule has 1 unspecified atom stereocenters. The fraction of sp³-hybridized carbons (Fsp3) is 0.357. The molecule has 1 fully saturated rings. The van der Waals surface area contributed by atoms with E-state index in [1.807, 2.05) is 42.2 Å². The van der Waals surface area contributed by atoms with Crippen LogP contribution in [0.15, 0.2) is 30.3 Å². The molecule has 4 heteroatoms. The van der Waals surface area contributed by atoms with E-state index in [1.54, 1.807) is 0 Å². The normalized spacial score (nSPS) is 20.3. The maximum atomic E-state index is 12.4. The fourth-order valence-electron chi connectivity index (χ4n) is 2.36. The number of para-hydroxylation sites is 1. The van der Waals surface area contributed by atoms with E-state index in [0.29, 0.717) is 25.4 Å². The summed E-state index contributed by atoms with van der Waals surface area (Å²) in [6.07, 6.45) is 0.118. The van der Waals surface area contributed by atoms with Gasteiger partial charge >= 0.3 is 0 Å². The van der Waals surface area contributed by atoms with E-state index in [4.69, 9.17) is 4.74 Å². The zero-order valence-electron chi connectivity index (χ0n) is 10.3. The lowest BCUT2D eigenvalue weighted by molar-refractivity contribution is -0.0126. The summed E-state index contributed by atoms with van der Waals surface area (Å²) < 4.78 is 5.45. The lowest BCUT2D eigenvalue weighted by atomic mass is 10.2. The van der Waals surface area contributed by atoms with Crippen LogP contribution in [0, 0.1) is 0 Å². The Morgan fingerprint density at radius 1 is 1.44 bits per heavy atom. The van der Waals surface area contributed by atoms with Gasteiger partial charge < -0.3 is 14.6 Å². The van der Waals surface area contributed by atoms with Crippen LogP contribution in [-0.4, -0.2) is 41.6 Å². The van der Waals surface area contributed by atoms with Crippen molar-refractivity contribution in [1.29, 1.82) is 0 Å². The number of benzene rings is 1. The monoisotopic (exact) mass is 244 g/mol. The fourth-order valence-corrected chi connectivity index (χ4v) is 2.36. The van der Waals surface area contributed by atoms with Crippen molar-refractivity contribution in [2.45, 2.75) is 13.0 Å². The van der Waals surface area contributed by atoms with E-state index in [0.717, 1.165) is 10.9 Å². The van der Waals surface area contributed by atoms with E-state index in [9.17, 15) is 4.79 Å². The summed E-state index contributed by atoms with van der Waals surface area (Å²) in [6.45, 7) is 3.94. The Labute approximate surface area is 106 Å². The van der Waals surface area contributed by atoms with Crippen LogP contribution in [0.2, 0.25) is 0 Å². The molecule has 94 valence electrons. The molecule has 1 atom stereocenters. The van der Waals surface area contributed by atoms with Crippen LogP contribution in [0.3, 0.4) is 0 Å². The van der Waals surface area contributed by atoms with Gasteiger partial charge in [-0.25, -0.2) is 0 Å². The van der Waals surface area contributed by atoms with Crippen molar-refractivity contribution in [3.05, 3.63) is 36.0 Å². The Balaban J connectivity index is 1.87. The maximum absolute atomic E-state index is 12.4. The van der Waals surface area contributed by atoms with Crippen molar-refractivity contribution in [2.24, 2.45) is 0 Å². The molecule has 1 aliphatic heterocycles. The third kappa shape index (κ3) is 1.99. The molecule has 1 aromatic carbocycles. The summed E-state index contributed by atoms with van der Waals surface area (Å²) in [5.41, 5.74) is 1.66. The van der Waals surface area contributed by atoms with Gasteiger partial charge in [-0.15, -0.1) is 0 Å². The number of hydrogen-bond acceptors (Lipinski definition) is 2. The van der Waals surface area contributed by atoms with Crippen LogP contribution in [0.1, 0.15) is 17.4 Å². The number of aromatic amines is 1. The molecule has 2 aromatic rings. The van der Waals surface area contributed by atoms with Gasteiger partial charge in [0.2, 0.25) is 0 Å². The summed E-state index contributed by atoms with van der Waals surface area (Å²) in [5.74, 6) is 0.0568. The molecular formula is C14H16N2O2. The Kier molecular flexibility index (Phi) is 2.80. The highest BCUT2D eigenvalue weighted by Crippen LogP contribution is 2.17. The van der Waals surface area contributed by atoms with Gasteiger partial charge in [-0.2, -0.15) is 0 Å². The van der Waals surface area contributed by atoms with Gasteiger partial charge in [0, 0.05) is 24.0 Å². The molecule has 0 radical (unpaired) electrons. The molecule has 0 saturated carbocycles. The Morgan fingerprint density at radius 3 is 3.06 bits per heavy atom. The van der Waals surface area contributed by atoms with E-state index in [1.165, 1.54) is 0 Å². The largest absolute Gasteiger partial charge is 0.375 e. The number of ether oxygens (including phenoxy) is 1. The van der Waals surface area contributed by atoms with Crippen molar-refractivity contribution < 1.29 is 9.53 Å². The third-order valence-corrected chi connectivity index (χ3v) is 3.29. The molecule has 2 heterocycles. The SMILES string of the molecule is CC1CN(C(=O)c2cc3ccccc3[nH]2)CCO1. The zero-order chi connectivity index (χ0) is 12.5. The average molecular weight is 244 g/mol. The first-order chi connectivity index (χ1) is 8.74. The number of carbonyl (C=O) groups is 1. The molecule has 1 aliphatic rings. The summed E-state index contributed by atoms with van der Waals surface area (Å²) in [7, 11) is 0. The Morgan fingerprint density at radius 2 is 2.28 bits per heavy atom. The lowest BCUT2D eigenvalue weighted by Crippen LogP contribution is -2.44. The first-order valence-corrected chi connectivity index (χ1v) is 6.22. The second kappa shape index (κ2) is 4.46. The minimum atomic E-state index is 0.0568. The second-order valence-corrected chi connectivity index (χ2v) is 4.70. The first kappa shape index (κ1) is 11.3. The lowest BCUT2D eigenvalue weighted by Gasteiger charge is -2.30. The molecule has 1 N–H and O–H groups in total. The van der Waals surface area contributed by atoms with E-state index >= 15 is 0 Å². The number of amides is 1. The average Bonchev–Trinajstić information content (AvgIpc) is 2.81. The molecule has 3 rings (SSSR count). The van der Waals surface area contributed by atoms with E-state index in [2.05, 4.69) is 4.98 Å². The van der Waals surface area contributed by atoms with Gasteiger partial charge in [0.15, 0.2) is 0 Å². The Bertz CT molecular complexity index is 543. The number of fused-ring (bicyclic) bond motifs is 1. The number of aromatic nitrogens is 1. The van der Waals surface area contributed by atoms with Gasteiger partial charge in [0.1, 0.15) is 5.69 Å².